The number of hydrogen-bond donors (Lipinski definition) is 0. The second-order valence-electron chi connectivity index (χ2n) is 44.1. The van der Waals surface area contributed by atoms with Crippen molar-refractivity contribution < 1.29 is 39.0 Å². The van der Waals surface area contributed by atoms with Crippen LogP contribution in [0.2, 0.25) is 0 Å². The number of benzene rings is 22. The van der Waals surface area contributed by atoms with Gasteiger partial charge in [-0.2, -0.15) is 36.4 Å². The molecule has 0 saturated heterocycles. The average molecular weight is 1810 g/mol. The van der Waals surface area contributed by atoms with Gasteiger partial charge < -0.3 is 0 Å². The fraction of sp³-hybridized carbons (Fsp3) is 0.116. The average Bonchev–Trinajstić information content (AvgIpc) is 1.37. The molecule has 0 amide bonds. The molecule has 46 rings (SSSR count). The van der Waals surface area contributed by atoms with Crippen LogP contribution in [-0.4, -0.2) is 0 Å². The number of aryl methyl sites for hydroxylation is 7. The third-order valence-corrected chi connectivity index (χ3v) is 40.7. The summed E-state index contributed by atoms with van der Waals surface area (Å²) in [4.78, 5) is 0. The summed E-state index contributed by atoms with van der Waals surface area (Å²) in [5.41, 5.74) is 56.1. The summed E-state index contributed by atoms with van der Waals surface area (Å²) in [6.45, 7) is 16.6. The van der Waals surface area contributed by atoms with Gasteiger partial charge in [-0.3, -0.25) is 0 Å². The molecule has 131 heavy (non-hydrogen) atoms. The molecule has 0 aromatic heterocycles. The van der Waals surface area contributed by atoms with Gasteiger partial charge in [-0.05, 0) is 425 Å². The molecule has 8 atom stereocenters. The molecule has 0 fully saturated rings. The van der Waals surface area contributed by atoms with Crippen molar-refractivity contribution in [1.29, 1.82) is 0 Å². The van der Waals surface area contributed by atoms with Gasteiger partial charge in [0.25, 0.3) is 0 Å². The number of allylic oxidation sites excluding steroid dienone is 2. The fourth-order valence-electron chi connectivity index (χ4n) is 38.5. The molecule has 3 unspecified atom stereocenters. The molecule has 2 radical (unpaired) electrons. The van der Waals surface area contributed by atoms with E-state index in [1.54, 1.807) is 338 Å². The molecule has 27 aromatic rings. The number of rotatable bonds is 7. The van der Waals surface area contributed by atoms with E-state index in [4.69, 9.17) is 0 Å². The SMILES string of the molecule is Cc1ccc(C23C4=C5C6=c7c4c4c8c9c7=c7c%10c%11c%12c(c%13c%14c%15c(c2c2c%16c3c4c3c4c%16c%16c%17c%18c%19c%20c%21c%22c%23c%19c%19c%24c(c%11c%11c(c%25c(c7%11)[C@]9(c7ccc(C)cc7)c7c(c-%21c(c3c78)C4(c3ccc(C)cc3)[C@@H]%20%17)[C@@]%22%25c3ccc(C)cc3)C%23%24c3ccc(C)cc3)c3c%12c%14c4c3c%19c%18c3c%16c2c%15c34)[C@@]5%13c2ccc(C)cc2)[C@@]6%10c2ccc(C)cc2)cc1.[Ru+].[Ru+].c1cc[cH-]c1.c1cc[cH-]c1. The Morgan fingerprint density at radius 2 is 0.443 bits per heavy atom. The summed E-state index contributed by atoms with van der Waals surface area (Å²) in [5.74, 6) is -0.00366. The first-order chi connectivity index (χ1) is 63.6. The Balaban J connectivity index is 0.000000549. The Kier molecular flexibility index (Phi) is 8.60. The zero-order valence-corrected chi connectivity index (χ0v) is 75.2. The summed E-state index contributed by atoms with van der Waals surface area (Å²) < 4.78 is 0. The van der Waals surface area contributed by atoms with Crippen LogP contribution >= 0.6 is 0 Å². The third-order valence-electron chi connectivity index (χ3n) is 40.7. The van der Waals surface area contributed by atoms with Crippen molar-refractivity contribution in [2.45, 2.75) is 92.3 Å². The van der Waals surface area contributed by atoms with E-state index in [0.717, 1.165) is 0 Å². The summed E-state index contributed by atoms with van der Waals surface area (Å²) in [6, 6.07) is 94.2. The molecule has 19 aliphatic rings. The maximum absolute atomic E-state index is 2.74. The molecule has 27 aromatic carbocycles. The predicted octanol–water partition coefficient (Wildman–Crippen LogP) is 28.7. The van der Waals surface area contributed by atoms with E-state index in [9.17, 15) is 0 Å². The molecule has 0 heterocycles. The van der Waals surface area contributed by atoms with E-state index in [1.165, 1.54) is 77.9 Å². The van der Waals surface area contributed by atoms with Crippen molar-refractivity contribution in [3.8, 4) is 11.1 Å². The predicted molar refractivity (Wildman–Crippen MR) is 525 cm³/mol. The molecule has 592 valence electrons. The van der Waals surface area contributed by atoms with E-state index in [0.29, 0.717) is 0 Å². The minimum absolute atomic E-state index is 0. The van der Waals surface area contributed by atoms with Gasteiger partial charge in [-0.1, -0.05) is 209 Å². The molecule has 2 heteroatoms. The monoisotopic (exact) mass is 1810 g/mol. The molecule has 0 saturated carbocycles. The van der Waals surface area contributed by atoms with Crippen LogP contribution in [0.15, 0.2) is 236 Å². The second kappa shape index (κ2) is 17.5. The quantitative estimate of drug-likeness (QED) is 0.0646. The fourth-order valence-corrected chi connectivity index (χ4v) is 38.5. The van der Waals surface area contributed by atoms with Crippen molar-refractivity contribution in [2.24, 2.45) is 0 Å². The molecule has 0 N–H and O–H groups in total. The van der Waals surface area contributed by atoms with E-state index in [2.05, 4.69) is 218 Å². The van der Waals surface area contributed by atoms with Crippen LogP contribution in [0.25, 0.3) is 205 Å². The van der Waals surface area contributed by atoms with Gasteiger partial charge in [0.1, 0.15) is 0 Å². The molecular formula is C129H60Ru2. The van der Waals surface area contributed by atoms with Crippen LogP contribution in [0.3, 0.4) is 0 Å². The van der Waals surface area contributed by atoms with Crippen LogP contribution in [0.4, 0.5) is 0 Å². The van der Waals surface area contributed by atoms with Crippen LogP contribution in [-0.2, 0) is 76.9 Å². The molecule has 0 aliphatic heterocycles. The minimum Gasteiger partial charge on any atom is -0.214 e. The summed E-state index contributed by atoms with van der Waals surface area (Å²) >= 11 is 0. The van der Waals surface area contributed by atoms with Gasteiger partial charge in [-0.15, -0.1) is 0 Å². The van der Waals surface area contributed by atoms with Crippen molar-refractivity contribution in [2.75, 3.05) is 0 Å². The van der Waals surface area contributed by atoms with Crippen molar-refractivity contribution in [1.82, 2.24) is 0 Å². The van der Waals surface area contributed by atoms with Crippen LogP contribution in [0.1, 0.15) is 195 Å². The van der Waals surface area contributed by atoms with Gasteiger partial charge in [0, 0.05) is 5.92 Å². The Hall–Kier alpha value is -13.6. The number of hydrogen-bond acceptors (Lipinski definition) is 0. The Morgan fingerprint density at radius 1 is 0.176 bits per heavy atom. The Morgan fingerprint density at radius 3 is 0.916 bits per heavy atom. The van der Waals surface area contributed by atoms with Crippen LogP contribution in [0, 0.1) is 58.9 Å². The summed E-state index contributed by atoms with van der Waals surface area (Å²) in [6.07, 6.45) is 0. The van der Waals surface area contributed by atoms with Gasteiger partial charge in [0.05, 0.1) is 37.9 Å². The summed E-state index contributed by atoms with van der Waals surface area (Å²) in [5, 5.41) is 59.9. The van der Waals surface area contributed by atoms with Crippen LogP contribution < -0.4 is 5.22 Å². The molecule has 0 nitrogen and oxygen atoms in total. The van der Waals surface area contributed by atoms with E-state index in [-0.39, 0.29) is 44.9 Å². The van der Waals surface area contributed by atoms with Crippen molar-refractivity contribution >= 4 is 194 Å². The molecular weight excluding hydrogens is 1750 g/mol. The first-order valence-electron chi connectivity index (χ1n) is 47.7. The van der Waals surface area contributed by atoms with Crippen molar-refractivity contribution in [3.05, 3.63) is 441 Å². The maximum atomic E-state index is 2.74. The van der Waals surface area contributed by atoms with Gasteiger partial charge in [-0.25, -0.2) is 24.3 Å². The zero-order valence-electron chi connectivity index (χ0n) is 71.7. The van der Waals surface area contributed by atoms with E-state index < -0.39 is 37.9 Å². The smallest absolute Gasteiger partial charge is 0.214 e. The first-order valence-corrected chi connectivity index (χ1v) is 47.7. The normalized spacial score (nSPS) is 24.4. The maximum Gasteiger partial charge on any atom is 1.00 e. The second-order valence-corrected chi connectivity index (χ2v) is 44.1. The van der Waals surface area contributed by atoms with Gasteiger partial charge in [0.15, 0.2) is 0 Å². The zero-order chi connectivity index (χ0) is 81.8. The van der Waals surface area contributed by atoms with Crippen molar-refractivity contribution in [3.63, 3.8) is 0 Å². The van der Waals surface area contributed by atoms with Crippen LogP contribution in [0.5, 0.6) is 0 Å². The third kappa shape index (κ3) is 4.68. The Bertz CT molecular complexity index is 11200. The first kappa shape index (κ1) is 64.2. The molecule has 0 bridgehead atoms. The molecule has 19 aliphatic carbocycles. The van der Waals surface area contributed by atoms with Gasteiger partial charge in [0.2, 0.25) is 0 Å². The Labute approximate surface area is 771 Å². The minimum atomic E-state index is -0.764. The topological polar surface area (TPSA) is 0 Å². The standard InChI is InChI=1S/C119H50.2C5H5.2Ru/c1-36-8-22-43(23-9-36)113-92-67-61-53-50-51-52-54-56(53)69-79-64(61)71(92)90-91-98(113)86-83-73-66-74-87(86)104-110(91)119(49-34-20-42(7)21-35-49)105(90)101(79)114(44-24-10-37(2)11-25-44)93(69)68-57(54)62-59(52)77-76-58(51)60-55(50)63(67)70(94(83)113)82-78(60)100-103(76)118(48-32-18-41(6)19-33-48)102(77)99-75(62)72-65(68)80-88-84-85(97(74)117(104,109(88)112(119)106(80)114)47-30-16-40(5)17-31-47)89-81(66)107(115(100,96(73)82)45-26-12-38(3)13-27-45)111(118)108(89)116(99,95(72)84)46-28-14-39(4)15-29-46;2*1-2-4-5-3-1;;/h8-35,92H,1-7H3;2*1-5H;;/q;2*-1;2*+1/t92-,113?,114?,115?,116+,117+,118+,119-;;;;/m1..../s1. The van der Waals surface area contributed by atoms with E-state index in [1.807, 2.05) is 60.7 Å². The molecule has 0 spiro atoms. The summed E-state index contributed by atoms with van der Waals surface area (Å²) in [7, 11) is 0. The largest absolute Gasteiger partial charge is 1.00 e. The van der Waals surface area contributed by atoms with E-state index >= 15 is 0 Å². The van der Waals surface area contributed by atoms with Gasteiger partial charge >= 0.3 is 39.0 Å².